The van der Waals surface area contributed by atoms with Crippen LogP contribution in [0.5, 0.6) is 0 Å². The number of benzene rings is 5. The summed E-state index contributed by atoms with van der Waals surface area (Å²) in [5.41, 5.74) is 1.04. The van der Waals surface area contributed by atoms with E-state index in [2.05, 4.69) is 59.5 Å². The predicted molar refractivity (Wildman–Crippen MR) is 121 cm³/mol. The van der Waals surface area contributed by atoms with Crippen molar-refractivity contribution < 1.29 is 4.74 Å². The smallest absolute Gasteiger partial charge is 0.0838 e. The normalized spacial score (nSPS) is 15.4. The quantitative estimate of drug-likeness (QED) is 0.222. The molecule has 0 atom stereocenters. The topological polar surface area (TPSA) is 12.5 Å². The van der Waals surface area contributed by atoms with E-state index >= 15 is 0 Å². The lowest BCUT2D eigenvalue weighted by molar-refractivity contribution is 0.123. The molecule has 0 amide bonds. The lowest BCUT2D eigenvalue weighted by Crippen LogP contribution is -2.36. The number of nitrogens with zero attached hydrogens (tertiary/aromatic N) is 1. The minimum Gasteiger partial charge on any atom is -0.378 e. The molecule has 1 saturated heterocycles. The molecule has 1 fully saturated rings. The number of morpholine rings is 1. The number of halogens is 2. The first-order valence-electron chi connectivity index (χ1n) is 9.54. The molecule has 1 heterocycles. The Morgan fingerprint density at radius 2 is 1.25 bits per heavy atom. The fraction of sp³-hybridized carbons (Fsp3) is 0.167. The van der Waals surface area contributed by atoms with Crippen molar-refractivity contribution in [3.8, 4) is 0 Å². The van der Waals surface area contributed by atoms with E-state index in [1.54, 1.807) is 0 Å². The molecule has 28 heavy (non-hydrogen) atoms. The molecular weight excluding hydrogens is 389 g/mol. The molecule has 4 heteroatoms. The van der Waals surface area contributed by atoms with Crippen molar-refractivity contribution in [3.63, 3.8) is 0 Å². The minimum atomic E-state index is 0.635. The van der Waals surface area contributed by atoms with Crippen LogP contribution in [-0.2, 0) is 4.74 Å². The molecule has 1 aliphatic heterocycles. The van der Waals surface area contributed by atoms with Gasteiger partial charge in [-0.2, -0.15) is 0 Å². The Bertz CT molecular complexity index is 1370. The van der Waals surface area contributed by atoms with Crippen molar-refractivity contribution in [1.29, 1.82) is 0 Å². The summed E-state index contributed by atoms with van der Waals surface area (Å²) in [4.78, 5) is 2.33. The molecule has 1 aliphatic rings. The number of fused-ring (bicyclic) bond motifs is 2. The van der Waals surface area contributed by atoms with Crippen LogP contribution < -0.4 is 4.90 Å². The van der Waals surface area contributed by atoms with Crippen molar-refractivity contribution >= 4 is 72.0 Å². The van der Waals surface area contributed by atoms with Crippen LogP contribution in [0.1, 0.15) is 0 Å². The van der Waals surface area contributed by atoms with Crippen molar-refractivity contribution in [1.82, 2.24) is 0 Å². The Morgan fingerprint density at radius 1 is 0.643 bits per heavy atom. The largest absolute Gasteiger partial charge is 0.378 e. The van der Waals surface area contributed by atoms with Crippen molar-refractivity contribution in [2.45, 2.75) is 0 Å². The van der Waals surface area contributed by atoms with Gasteiger partial charge in [-0.3, -0.25) is 0 Å². The van der Waals surface area contributed by atoms with E-state index < -0.39 is 0 Å². The second kappa shape index (κ2) is 6.12. The van der Waals surface area contributed by atoms with E-state index in [-0.39, 0.29) is 0 Å². The van der Waals surface area contributed by atoms with E-state index in [1.165, 1.54) is 37.7 Å². The molecule has 0 spiro atoms. The Kier molecular flexibility index (Phi) is 3.64. The van der Waals surface area contributed by atoms with Gasteiger partial charge in [-0.25, -0.2) is 0 Å². The van der Waals surface area contributed by atoms with Crippen LogP contribution in [0.3, 0.4) is 0 Å². The average molecular weight is 406 g/mol. The Balaban J connectivity index is 1.93. The van der Waals surface area contributed by atoms with E-state index in [0.717, 1.165) is 24.2 Å². The van der Waals surface area contributed by atoms with Gasteiger partial charge in [-0.15, -0.1) is 0 Å². The predicted octanol–water partition coefficient (Wildman–Crippen LogP) is 6.88. The van der Waals surface area contributed by atoms with Crippen molar-refractivity contribution in [2.24, 2.45) is 0 Å². The lowest BCUT2D eigenvalue weighted by Gasteiger charge is -2.32. The Morgan fingerprint density at radius 3 is 2.00 bits per heavy atom. The summed E-state index contributed by atoms with van der Waals surface area (Å²) in [7, 11) is 0. The summed E-state index contributed by atoms with van der Waals surface area (Å²) < 4.78 is 5.59. The Labute approximate surface area is 172 Å². The fourth-order valence-electron chi connectivity index (χ4n) is 4.80. The number of hydrogen-bond donors (Lipinski definition) is 0. The van der Waals surface area contributed by atoms with Gasteiger partial charge in [0, 0.05) is 29.2 Å². The zero-order chi connectivity index (χ0) is 18.8. The number of rotatable bonds is 1. The van der Waals surface area contributed by atoms with E-state index in [1.807, 2.05) is 0 Å². The molecule has 0 saturated carbocycles. The van der Waals surface area contributed by atoms with Crippen LogP contribution in [0.2, 0.25) is 10.0 Å². The molecule has 0 aliphatic carbocycles. The first-order valence-corrected chi connectivity index (χ1v) is 10.3. The van der Waals surface area contributed by atoms with Crippen LogP contribution in [0, 0.1) is 0 Å². The molecule has 138 valence electrons. The second-order valence-corrected chi connectivity index (χ2v) is 8.14. The third-order valence-electron chi connectivity index (χ3n) is 5.98. The van der Waals surface area contributed by atoms with Crippen LogP contribution in [0.15, 0.2) is 54.6 Å². The monoisotopic (exact) mass is 405 g/mol. The highest BCUT2D eigenvalue weighted by Crippen LogP contribution is 2.50. The standard InChI is InChI=1S/C24H17Cl2NO/c25-22-18-9-3-7-16-15-6-1-4-14-5-2-8-17(19(14)15)21(20(16)18)24(23(22)26)27-10-12-28-13-11-27/h1-9H,10-13H2. The lowest BCUT2D eigenvalue weighted by atomic mass is 9.88. The van der Waals surface area contributed by atoms with Gasteiger partial charge >= 0.3 is 0 Å². The molecule has 0 unspecified atom stereocenters. The minimum absolute atomic E-state index is 0.635. The van der Waals surface area contributed by atoms with Crippen LogP contribution in [-0.4, -0.2) is 26.3 Å². The number of hydrogen-bond acceptors (Lipinski definition) is 2. The van der Waals surface area contributed by atoms with E-state index in [4.69, 9.17) is 27.9 Å². The maximum atomic E-state index is 6.91. The summed E-state index contributed by atoms with van der Waals surface area (Å²) in [5, 5.41) is 10.9. The SMILES string of the molecule is Clc1c(Cl)c2cccc3c4cccc5cccc(c(c1N1CCOCC1)c23)c54. The van der Waals surface area contributed by atoms with Gasteiger partial charge in [0.15, 0.2) is 0 Å². The molecule has 6 rings (SSSR count). The summed E-state index contributed by atoms with van der Waals surface area (Å²) in [6.45, 7) is 3.03. The van der Waals surface area contributed by atoms with Gasteiger partial charge in [0.1, 0.15) is 0 Å². The Hall–Kier alpha value is -2.26. The first kappa shape index (κ1) is 16.7. The molecule has 0 aromatic heterocycles. The van der Waals surface area contributed by atoms with Gasteiger partial charge in [-0.05, 0) is 26.9 Å². The zero-order valence-corrected chi connectivity index (χ0v) is 16.6. The highest BCUT2D eigenvalue weighted by Gasteiger charge is 2.25. The zero-order valence-electron chi connectivity index (χ0n) is 15.1. The maximum absolute atomic E-state index is 6.91. The van der Waals surface area contributed by atoms with Crippen LogP contribution >= 0.6 is 23.2 Å². The van der Waals surface area contributed by atoms with Gasteiger partial charge < -0.3 is 9.64 Å². The maximum Gasteiger partial charge on any atom is 0.0838 e. The molecule has 0 radical (unpaired) electrons. The number of ether oxygens (including phenoxy) is 1. The molecule has 5 aromatic carbocycles. The van der Waals surface area contributed by atoms with Crippen LogP contribution in [0.25, 0.3) is 43.1 Å². The average Bonchev–Trinajstić information content (AvgIpc) is 2.75. The summed E-state index contributed by atoms with van der Waals surface area (Å²) in [5.74, 6) is 0. The molecular formula is C24H17Cl2NO. The van der Waals surface area contributed by atoms with Gasteiger partial charge in [0.2, 0.25) is 0 Å². The van der Waals surface area contributed by atoms with E-state index in [9.17, 15) is 0 Å². The third-order valence-corrected chi connectivity index (χ3v) is 6.84. The van der Waals surface area contributed by atoms with Crippen molar-refractivity contribution in [2.75, 3.05) is 31.2 Å². The summed E-state index contributed by atoms with van der Waals surface area (Å²) in [6.07, 6.45) is 0. The number of anilines is 1. The first-order chi connectivity index (χ1) is 13.8. The fourth-order valence-corrected chi connectivity index (χ4v) is 5.36. The van der Waals surface area contributed by atoms with Gasteiger partial charge in [0.25, 0.3) is 0 Å². The second-order valence-electron chi connectivity index (χ2n) is 7.39. The van der Waals surface area contributed by atoms with E-state index in [0.29, 0.717) is 23.3 Å². The third kappa shape index (κ3) is 2.14. The molecule has 2 nitrogen and oxygen atoms in total. The molecule has 0 N–H and O–H groups in total. The van der Waals surface area contributed by atoms with Crippen molar-refractivity contribution in [3.05, 3.63) is 64.6 Å². The van der Waals surface area contributed by atoms with Gasteiger partial charge in [0.05, 0.1) is 28.9 Å². The highest BCUT2D eigenvalue weighted by molar-refractivity contribution is 6.51. The molecule has 5 aromatic rings. The highest BCUT2D eigenvalue weighted by atomic mass is 35.5. The van der Waals surface area contributed by atoms with Crippen LogP contribution in [0.4, 0.5) is 5.69 Å². The van der Waals surface area contributed by atoms with Gasteiger partial charge in [-0.1, -0.05) is 77.8 Å². The molecule has 0 bridgehead atoms. The summed E-state index contributed by atoms with van der Waals surface area (Å²) >= 11 is 13.7. The summed E-state index contributed by atoms with van der Waals surface area (Å²) in [6, 6.07) is 19.4.